The molecule has 0 aromatic carbocycles. The normalized spacial score (nSPS) is 14.8. The lowest BCUT2D eigenvalue weighted by atomic mass is 10.1. The highest BCUT2D eigenvalue weighted by atomic mass is 32.1. The molecule has 0 saturated heterocycles. The average molecular weight is 286 g/mol. The molecule has 2 atom stereocenters. The van der Waals surface area contributed by atoms with Gasteiger partial charge in [-0.1, -0.05) is 6.07 Å². The van der Waals surface area contributed by atoms with Crippen LogP contribution in [-0.4, -0.2) is 62.6 Å². The molecule has 0 aliphatic rings. The Morgan fingerprint density at radius 3 is 2.95 bits per heavy atom. The molecule has 1 rings (SSSR count). The van der Waals surface area contributed by atoms with Crippen LogP contribution in [-0.2, 0) is 11.2 Å². The van der Waals surface area contributed by atoms with Gasteiger partial charge in [-0.15, -0.1) is 11.3 Å². The molecule has 1 heterocycles. The van der Waals surface area contributed by atoms with Crippen molar-refractivity contribution in [1.82, 2.24) is 10.2 Å². The lowest BCUT2D eigenvalue weighted by molar-refractivity contribution is 0.104. The molecule has 1 aromatic rings. The van der Waals surface area contributed by atoms with Gasteiger partial charge in [0.05, 0.1) is 12.7 Å². The fourth-order valence-corrected chi connectivity index (χ4v) is 2.72. The van der Waals surface area contributed by atoms with Crippen LogP contribution >= 0.6 is 11.3 Å². The second-order valence-corrected chi connectivity index (χ2v) is 5.96. The van der Waals surface area contributed by atoms with Crippen molar-refractivity contribution in [2.75, 3.05) is 40.4 Å². The first kappa shape index (κ1) is 16.6. The van der Waals surface area contributed by atoms with Crippen LogP contribution in [0.2, 0.25) is 0 Å². The molecule has 4 nitrogen and oxygen atoms in total. The quantitative estimate of drug-likeness (QED) is 0.635. The van der Waals surface area contributed by atoms with E-state index in [1.165, 1.54) is 4.88 Å². The Hall–Kier alpha value is -0.460. The molecule has 0 amide bonds. The van der Waals surface area contributed by atoms with Gasteiger partial charge in [-0.05, 0) is 31.8 Å². The maximum Gasteiger partial charge on any atom is 0.0791 e. The number of aliphatic hydroxyl groups excluding tert-OH is 1. The summed E-state index contributed by atoms with van der Waals surface area (Å²) >= 11 is 1.79. The van der Waals surface area contributed by atoms with Crippen LogP contribution in [0, 0.1) is 0 Å². The van der Waals surface area contributed by atoms with Crippen molar-refractivity contribution < 1.29 is 9.84 Å². The van der Waals surface area contributed by atoms with Gasteiger partial charge >= 0.3 is 0 Å². The van der Waals surface area contributed by atoms with Gasteiger partial charge in [0.2, 0.25) is 0 Å². The summed E-state index contributed by atoms with van der Waals surface area (Å²) in [4.78, 5) is 3.61. The van der Waals surface area contributed by atoms with E-state index >= 15 is 0 Å². The van der Waals surface area contributed by atoms with Crippen molar-refractivity contribution in [3.63, 3.8) is 0 Å². The van der Waals surface area contributed by atoms with Crippen molar-refractivity contribution >= 4 is 11.3 Å². The van der Waals surface area contributed by atoms with Crippen LogP contribution in [0.3, 0.4) is 0 Å². The Bertz CT molecular complexity index is 319. The van der Waals surface area contributed by atoms with Crippen molar-refractivity contribution in [3.05, 3.63) is 22.4 Å². The number of likely N-dealkylation sites (N-methyl/N-ethyl adjacent to an activating group) is 1. The first-order valence-electron chi connectivity index (χ1n) is 6.73. The van der Waals surface area contributed by atoms with Crippen molar-refractivity contribution in [2.45, 2.75) is 25.5 Å². The predicted octanol–water partition coefficient (Wildman–Crippen LogP) is 1.21. The van der Waals surface area contributed by atoms with Crippen LogP contribution in [0.15, 0.2) is 17.5 Å². The van der Waals surface area contributed by atoms with Crippen LogP contribution in [0.4, 0.5) is 0 Å². The molecule has 110 valence electrons. The van der Waals surface area contributed by atoms with E-state index in [4.69, 9.17) is 4.74 Å². The highest BCUT2D eigenvalue weighted by Gasteiger charge is 2.14. The van der Waals surface area contributed by atoms with Crippen LogP contribution in [0.1, 0.15) is 11.8 Å². The van der Waals surface area contributed by atoms with E-state index in [9.17, 15) is 5.11 Å². The highest BCUT2D eigenvalue weighted by Crippen LogP contribution is 2.13. The summed E-state index contributed by atoms with van der Waals surface area (Å²) in [6.07, 6.45) is 0.700. The maximum atomic E-state index is 9.95. The Balaban J connectivity index is 2.19. The molecule has 5 heteroatoms. The zero-order valence-electron chi connectivity index (χ0n) is 12.1. The summed E-state index contributed by atoms with van der Waals surface area (Å²) in [5, 5.41) is 15.2. The van der Waals surface area contributed by atoms with Crippen LogP contribution in [0.5, 0.6) is 0 Å². The number of aliphatic hydroxyl groups is 1. The summed E-state index contributed by atoms with van der Waals surface area (Å²) in [5.41, 5.74) is 0. The molecule has 0 aliphatic heterocycles. The molecule has 19 heavy (non-hydrogen) atoms. The summed E-state index contributed by atoms with van der Waals surface area (Å²) in [5.74, 6) is 0. The number of hydrogen-bond donors (Lipinski definition) is 2. The number of nitrogens with one attached hydrogen (secondary N) is 1. The molecule has 2 unspecified atom stereocenters. The monoisotopic (exact) mass is 286 g/mol. The van der Waals surface area contributed by atoms with E-state index < -0.39 is 0 Å². The first-order valence-corrected chi connectivity index (χ1v) is 7.61. The Morgan fingerprint density at radius 2 is 2.32 bits per heavy atom. The fourth-order valence-electron chi connectivity index (χ4n) is 1.90. The molecule has 0 fully saturated rings. The van der Waals surface area contributed by atoms with Gasteiger partial charge in [-0.3, -0.25) is 0 Å². The van der Waals surface area contributed by atoms with Gasteiger partial charge in [0.25, 0.3) is 0 Å². The van der Waals surface area contributed by atoms with Gasteiger partial charge in [0.1, 0.15) is 0 Å². The zero-order valence-corrected chi connectivity index (χ0v) is 12.9. The minimum absolute atomic E-state index is 0.340. The lowest BCUT2D eigenvalue weighted by Gasteiger charge is -2.26. The lowest BCUT2D eigenvalue weighted by Crippen LogP contribution is -2.41. The minimum Gasteiger partial charge on any atom is -0.390 e. The Labute approximate surface area is 120 Å². The van der Waals surface area contributed by atoms with Gasteiger partial charge in [0.15, 0.2) is 0 Å². The smallest absolute Gasteiger partial charge is 0.0791 e. The molecule has 1 aromatic heterocycles. The molecule has 0 aliphatic carbocycles. The largest absolute Gasteiger partial charge is 0.390 e. The molecule has 0 saturated carbocycles. The number of ether oxygens (including phenoxy) is 1. The summed E-state index contributed by atoms with van der Waals surface area (Å²) in [7, 11) is 3.74. The topological polar surface area (TPSA) is 44.7 Å². The average Bonchev–Trinajstić information content (AvgIpc) is 2.87. The van der Waals surface area contributed by atoms with Gasteiger partial charge in [-0.2, -0.15) is 0 Å². The van der Waals surface area contributed by atoms with Gasteiger partial charge in [0, 0.05) is 37.7 Å². The van der Waals surface area contributed by atoms with E-state index in [0.717, 1.165) is 13.0 Å². The summed E-state index contributed by atoms with van der Waals surface area (Å²) in [6, 6.07) is 4.69. The second kappa shape index (κ2) is 9.44. The highest BCUT2D eigenvalue weighted by molar-refractivity contribution is 7.09. The molecule has 0 spiro atoms. The fraction of sp³-hybridized carbons (Fsp3) is 0.714. The zero-order chi connectivity index (χ0) is 14.1. The third kappa shape index (κ3) is 7.03. The standard InChI is InChI=1S/C14H26N2O2S/c1-12(9-14-5-4-8-19-14)16(2)11-13(17)10-15-6-7-18-3/h4-5,8,12-13,15,17H,6-7,9-11H2,1-3H3. The third-order valence-corrected chi connectivity index (χ3v) is 4.09. The number of methoxy groups -OCH3 is 1. The van der Waals surface area contributed by atoms with Crippen molar-refractivity contribution in [2.24, 2.45) is 0 Å². The number of rotatable bonds is 10. The van der Waals surface area contributed by atoms with E-state index in [1.807, 2.05) is 0 Å². The molecule has 0 bridgehead atoms. The molecule has 2 N–H and O–H groups in total. The van der Waals surface area contributed by atoms with Gasteiger partial charge in [-0.25, -0.2) is 0 Å². The Morgan fingerprint density at radius 1 is 1.53 bits per heavy atom. The third-order valence-electron chi connectivity index (χ3n) is 3.19. The molecular formula is C14H26N2O2S. The maximum absolute atomic E-state index is 9.95. The first-order chi connectivity index (χ1) is 9.13. The van der Waals surface area contributed by atoms with Crippen molar-refractivity contribution in [3.8, 4) is 0 Å². The minimum atomic E-state index is -0.340. The summed E-state index contributed by atoms with van der Waals surface area (Å²) < 4.78 is 4.95. The number of nitrogens with zero attached hydrogens (tertiary/aromatic N) is 1. The summed E-state index contributed by atoms with van der Waals surface area (Å²) in [6.45, 7) is 4.95. The van der Waals surface area contributed by atoms with Crippen molar-refractivity contribution in [1.29, 1.82) is 0 Å². The molecular weight excluding hydrogens is 260 g/mol. The van der Waals surface area contributed by atoms with E-state index in [2.05, 4.69) is 41.7 Å². The van der Waals surface area contributed by atoms with E-state index in [0.29, 0.717) is 25.7 Å². The second-order valence-electron chi connectivity index (χ2n) is 4.92. The number of thiophene rings is 1. The molecule has 0 radical (unpaired) electrons. The SMILES string of the molecule is COCCNCC(O)CN(C)C(C)Cc1cccs1. The van der Waals surface area contributed by atoms with E-state index in [-0.39, 0.29) is 6.10 Å². The van der Waals surface area contributed by atoms with Crippen LogP contribution < -0.4 is 5.32 Å². The van der Waals surface area contributed by atoms with Crippen LogP contribution in [0.25, 0.3) is 0 Å². The van der Waals surface area contributed by atoms with Gasteiger partial charge < -0.3 is 20.1 Å². The Kier molecular flexibility index (Phi) is 8.25. The number of hydrogen-bond acceptors (Lipinski definition) is 5. The van der Waals surface area contributed by atoms with E-state index in [1.54, 1.807) is 18.4 Å². The predicted molar refractivity (Wildman–Crippen MR) is 80.9 cm³/mol.